The average molecular weight is 445 g/mol. The monoisotopic (exact) mass is 444 g/mol. The van der Waals surface area contributed by atoms with Crippen molar-refractivity contribution in [2.75, 3.05) is 5.32 Å². The van der Waals surface area contributed by atoms with E-state index in [2.05, 4.69) is 20.6 Å². The van der Waals surface area contributed by atoms with Crippen LogP contribution in [-0.2, 0) is 4.79 Å². The van der Waals surface area contributed by atoms with Gasteiger partial charge in [0.25, 0.3) is 6.43 Å². The van der Waals surface area contributed by atoms with Crippen LogP contribution >= 0.6 is 0 Å². The van der Waals surface area contributed by atoms with Gasteiger partial charge < -0.3 is 10.6 Å². The molecule has 2 bridgehead atoms. The van der Waals surface area contributed by atoms with Crippen LogP contribution < -0.4 is 21.2 Å². The van der Waals surface area contributed by atoms with Gasteiger partial charge in [0, 0.05) is 30.3 Å². The predicted molar refractivity (Wildman–Crippen MR) is 117 cm³/mol. The van der Waals surface area contributed by atoms with Crippen LogP contribution in [0.3, 0.4) is 0 Å². The molecule has 2 aromatic rings. The molecule has 1 aliphatic carbocycles. The number of rotatable bonds is 4. The van der Waals surface area contributed by atoms with Gasteiger partial charge in [0.2, 0.25) is 0 Å². The summed E-state index contributed by atoms with van der Waals surface area (Å²) in [4.78, 5) is 21.5. The summed E-state index contributed by atoms with van der Waals surface area (Å²) in [5, 5.41) is 7.69. The topological polar surface area (TPSA) is 66.9 Å². The second-order valence-corrected chi connectivity index (χ2v) is 8.67. The van der Waals surface area contributed by atoms with Gasteiger partial charge in [-0.25, -0.2) is 23.1 Å². The van der Waals surface area contributed by atoms with Gasteiger partial charge in [-0.15, -0.1) is 0 Å². The van der Waals surface area contributed by atoms with Gasteiger partial charge in [0.1, 0.15) is 17.5 Å². The Hall–Kier alpha value is -2.90. The SMILES string of the molecule is Cc1nc(NC(C)c2cccc(C(F)F)c2F)c2/c(n1)=C\C(=O)CCC1CCC(C1)N/C=2. The minimum atomic E-state index is -2.89. The molecule has 1 fully saturated rings. The number of hydrogen-bond donors (Lipinski definition) is 2. The molecule has 2 heterocycles. The lowest BCUT2D eigenvalue weighted by molar-refractivity contribution is -0.113. The normalized spacial score (nSPS) is 23.8. The molecule has 2 N–H and O–H groups in total. The highest BCUT2D eigenvalue weighted by atomic mass is 19.3. The van der Waals surface area contributed by atoms with Gasteiger partial charge in [0.15, 0.2) is 5.78 Å². The number of fused-ring (bicyclic) bond motifs is 3. The standard InChI is InChI=1S/C24H27F3N4O/c1-13(18-4-3-5-19(22(18)25)23(26)27)29-24-20-12-28-16-8-6-15(10-16)7-9-17(32)11-21(20)30-14(2)31-24/h3-5,11-13,15-16,23,28H,6-10H2,1-2H3,(H,29,30,31)/b20-12-,21-11+. The lowest BCUT2D eigenvalue weighted by atomic mass is 10.00. The molecule has 1 aromatic carbocycles. The van der Waals surface area contributed by atoms with Crippen LogP contribution in [0.15, 0.2) is 18.2 Å². The Kier molecular flexibility index (Phi) is 6.48. The number of hydrogen-bond acceptors (Lipinski definition) is 5. The number of Topliss-reactive ketones (excluding diaryl/α,β-unsaturated/α-hetero) is 1. The number of anilines is 1. The third kappa shape index (κ3) is 4.79. The van der Waals surface area contributed by atoms with Crippen molar-refractivity contribution in [1.29, 1.82) is 0 Å². The smallest absolute Gasteiger partial charge is 0.266 e. The van der Waals surface area contributed by atoms with Crippen LogP contribution in [-0.4, -0.2) is 21.8 Å². The van der Waals surface area contributed by atoms with Crippen molar-refractivity contribution in [3.63, 3.8) is 0 Å². The number of alkyl halides is 2. The molecule has 170 valence electrons. The van der Waals surface area contributed by atoms with E-state index >= 15 is 0 Å². The van der Waals surface area contributed by atoms with Gasteiger partial charge in [-0.1, -0.05) is 18.2 Å². The Balaban J connectivity index is 1.76. The molecule has 1 aliphatic heterocycles. The number of aryl methyl sites for hydroxylation is 1. The van der Waals surface area contributed by atoms with Crippen LogP contribution in [0.1, 0.15) is 68.4 Å². The lowest BCUT2D eigenvalue weighted by Crippen LogP contribution is -2.37. The average Bonchev–Trinajstić information content (AvgIpc) is 3.18. The largest absolute Gasteiger partial charge is 0.387 e. The van der Waals surface area contributed by atoms with Crippen molar-refractivity contribution in [2.24, 2.45) is 5.92 Å². The van der Waals surface area contributed by atoms with E-state index in [0.29, 0.717) is 40.6 Å². The van der Waals surface area contributed by atoms with Crippen molar-refractivity contribution in [3.05, 3.63) is 51.5 Å². The molecule has 0 amide bonds. The van der Waals surface area contributed by atoms with Crippen molar-refractivity contribution in [1.82, 2.24) is 15.3 Å². The summed E-state index contributed by atoms with van der Waals surface area (Å²) < 4.78 is 41.0. The Morgan fingerprint density at radius 1 is 1.16 bits per heavy atom. The van der Waals surface area contributed by atoms with E-state index in [-0.39, 0.29) is 11.3 Å². The van der Waals surface area contributed by atoms with Gasteiger partial charge in [-0.3, -0.25) is 4.79 Å². The molecular formula is C24H27F3N4O. The molecule has 0 saturated heterocycles. The summed E-state index contributed by atoms with van der Waals surface area (Å²) in [6.07, 6.45) is 4.95. The summed E-state index contributed by atoms with van der Waals surface area (Å²) in [6.45, 7) is 3.40. The molecule has 3 unspecified atom stereocenters. The minimum Gasteiger partial charge on any atom is -0.387 e. The molecule has 3 atom stereocenters. The molecule has 5 nitrogen and oxygen atoms in total. The number of ketones is 1. The highest BCUT2D eigenvalue weighted by Gasteiger charge is 2.25. The van der Waals surface area contributed by atoms with Gasteiger partial charge in [-0.05, 0) is 45.4 Å². The fourth-order valence-corrected chi connectivity index (χ4v) is 4.58. The van der Waals surface area contributed by atoms with Crippen LogP contribution in [0, 0.1) is 18.7 Å². The van der Waals surface area contributed by atoms with E-state index in [4.69, 9.17) is 0 Å². The quantitative estimate of drug-likeness (QED) is 0.753. The first-order valence-corrected chi connectivity index (χ1v) is 11.0. The van der Waals surface area contributed by atoms with E-state index in [1.807, 2.05) is 6.20 Å². The third-order valence-electron chi connectivity index (χ3n) is 6.30. The maximum Gasteiger partial charge on any atom is 0.266 e. The summed E-state index contributed by atoms with van der Waals surface area (Å²) in [5.74, 6) is 0.496. The number of halogens is 3. The molecule has 0 spiro atoms. The molecule has 4 rings (SSSR count). The number of nitrogens with one attached hydrogen (secondary N) is 2. The van der Waals surface area contributed by atoms with Crippen molar-refractivity contribution >= 4 is 23.9 Å². The maximum atomic E-state index is 14.7. The van der Waals surface area contributed by atoms with E-state index in [0.717, 1.165) is 31.7 Å². The van der Waals surface area contributed by atoms with Gasteiger partial charge in [-0.2, -0.15) is 0 Å². The Morgan fingerprint density at radius 3 is 2.72 bits per heavy atom. The maximum absolute atomic E-state index is 14.7. The highest BCUT2D eigenvalue weighted by Crippen LogP contribution is 2.30. The second kappa shape index (κ2) is 9.30. The molecular weight excluding hydrogens is 417 g/mol. The van der Waals surface area contributed by atoms with Crippen LogP contribution in [0.4, 0.5) is 19.0 Å². The molecule has 2 aliphatic rings. The lowest BCUT2D eigenvalue weighted by Gasteiger charge is -2.18. The number of aromatic nitrogens is 2. The first-order valence-electron chi connectivity index (χ1n) is 11.0. The van der Waals surface area contributed by atoms with Gasteiger partial charge >= 0.3 is 0 Å². The predicted octanol–water partition coefficient (Wildman–Crippen LogP) is 3.67. The van der Waals surface area contributed by atoms with E-state index in [9.17, 15) is 18.0 Å². The molecule has 32 heavy (non-hydrogen) atoms. The number of carbonyl (C=O) groups excluding carboxylic acids is 1. The first-order chi connectivity index (χ1) is 15.3. The highest BCUT2D eigenvalue weighted by molar-refractivity contribution is 6.05. The molecule has 1 saturated carbocycles. The Bertz CT molecular complexity index is 1130. The van der Waals surface area contributed by atoms with Crippen LogP contribution in [0.5, 0.6) is 0 Å². The number of carbonyl (C=O) groups is 1. The molecule has 8 heteroatoms. The summed E-state index contributed by atoms with van der Waals surface area (Å²) in [6, 6.07) is 3.66. The van der Waals surface area contributed by atoms with Crippen molar-refractivity contribution in [3.8, 4) is 0 Å². The van der Waals surface area contributed by atoms with Crippen molar-refractivity contribution in [2.45, 2.75) is 64.5 Å². The molecule has 1 aromatic heterocycles. The Morgan fingerprint density at radius 2 is 1.94 bits per heavy atom. The van der Waals surface area contributed by atoms with E-state index in [1.165, 1.54) is 18.2 Å². The number of benzene rings is 1. The first kappa shape index (κ1) is 22.3. The zero-order chi connectivity index (χ0) is 22.8. The van der Waals surface area contributed by atoms with Crippen LogP contribution in [0.2, 0.25) is 0 Å². The summed E-state index contributed by atoms with van der Waals surface area (Å²) in [5.41, 5.74) is -0.506. The Labute approximate surface area is 184 Å². The third-order valence-corrected chi connectivity index (χ3v) is 6.30. The zero-order valence-electron chi connectivity index (χ0n) is 18.2. The van der Waals surface area contributed by atoms with Crippen molar-refractivity contribution < 1.29 is 18.0 Å². The van der Waals surface area contributed by atoms with Crippen LogP contribution in [0.25, 0.3) is 12.3 Å². The van der Waals surface area contributed by atoms with Gasteiger partial charge in [0.05, 0.1) is 22.2 Å². The number of nitrogens with zero attached hydrogens (tertiary/aromatic N) is 2. The summed E-state index contributed by atoms with van der Waals surface area (Å²) >= 11 is 0. The fraction of sp³-hybridized carbons (Fsp3) is 0.458. The van der Waals surface area contributed by atoms with E-state index in [1.54, 1.807) is 13.8 Å². The zero-order valence-corrected chi connectivity index (χ0v) is 18.2. The molecule has 0 radical (unpaired) electrons. The fourth-order valence-electron chi connectivity index (χ4n) is 4.58. The second-order valence-electron chi connectivity index (χ2n) is 8.67. The summed E-state index contributed by atoms with van der Waals surface area (Å²) in [7, 11) is 0. The van der Waals surface area contributed by atoms with E-state index < -0.39 is 23.8 Å². The minimum absolute atomic E-state index is 0.0118.